The SMILES string of the molecule is C[C@H](SC12CC3CC(CC(C3)C1)C2)C(=O)Nc1ccccc1F. The van der Waals surface area contributed by atoms with E-state index in [1.165, 1.54) is 44.6 Å². The first-order chi connectivity index (χ1) is 11.0. The molecule has 0 aromatic heterocycles. The average Bonchev–Trinajstić information content (AvgIpc) is 2.47. The molecular weight excluding hydrogens is 309 g/mol. The molecule has 0 heterocycles. The van der Waals surface area contributed by atoms with Gasteiger partial charge < -0.3 is 5.32 Å². The maximum atomic E-state index is 13.7. The molecule has 1 amide bonds. The minimum atomic E-state index is -0.368. The zero-order valence-electron chi connectivity index (χ0n) is 13.6. The second kappa shape index (κ2) is 5.80. The van der Waals surface area contributed by atoms with Crippen molar-refractivity contribution < 1.29 is 9.18 Å². The molecule has 5 rings (SSSR count). The van der Waals surface area contributed by atoms with Gasteiger partial charge in [0.15, 0.2) is 0 Å². The van der Waals surface area contributed by atoms with Crippen LogP contribution < -0.4 is 5.32 Å². The molecule has 4 fully saturated rings. The van der Waals surface area contributed by atoms with Crippen LogP contribution in [0.2, 0.25) is 0 Å². The standard InChI is InChI=1S/C19H24FNOS/c1-12(18(22)21-17-5-3-2-4-16(17)20)23-19-9-13-6-14(10-19)8-15(7-13)11-19/h2-5,12-15H,6-11H2,1H3,(H,21,22)/t12-,13?,14?,15?,19?/m0/s1. The van der Waals surface area contributed by atoms with Crippen LogP contribution >= 0.6 is 11.8 Å². The lowest BCUT2D eigenvalue weighted by Gasteiger charge is -2.57. The molecule has 2 nitrogen and oxygen atoms in total. The van der Waals surface area contributed by atoms with Gasteiger partial charge in [-0.3, -0.25) is 4.79 Å². The number of rotatable bonds is 4. The Morgan fingerprint density at radius 1 is 1.17 bits per heavy atom. The van der Waals surface area contributed by atoms with Crippen molar-refractivity contribution in [2.45, 2.75) is 55.4 Å². The van der Waals surface area contributed by atoms with Gasteiger partial charge in [0, 0.05) is 4.75 Å². The molecule has 1 aromatic carbocycles. The van der Waals surface area contributed by atoms with E-state index in [0.29, 0.717) is 4.75 Å². The van der Waals surface area contributed by atoms with Crippen LogP contribution in [0.3, 0.4) is 0 Å². The van der Waals surface area contributed by atoms with Gasteiger partial charge in [0.2, 0.25) is 5.91 Å². The Morgan fingerprint density at radius 3 is 2.30 bits per heavy atom. The molecule has 4 aliphatic carbocycles. The van der Waals surface area contributed by atoms with E-state index in [-0.39, 0.29) is 22.7 Å². The van der Waals surface area contributed by atoms with E-state index in [0.717, 1.165) is 17.8 Å². The molecule has 1 atom stereocenters. The predicted molar refractivity (Wildman–Crippen MR) is 93.0 cm³/mol. The number of carbonyl (C=O) groups excluding carboxylic acids is 1. The number of thioether (sulfide) groups is 1. The summed E-state index contributed by atoms with van der Waals surface area (Å²) < 4.78 is 14.0. The Kier molecular flexibility index (Phi) is 3.91. The molecule has 23 heavy (non-hydrogen) atoms. The van der Waals surface area contributed by atoms with Gasteiger partial charge in [0.25, 0.3) is 0 Å². The topological polar surface area (TPSA) is 29.1 Å². The summed E-state index contributed by atoms with van der Waals surface area (Å²) in [6.45, 7) is 1.97. The summed E-state index contributed by atoms with van der Waals surface area (Å²) in [7, 11) is 0. The van der Waals surface area contributed by atoms with E-state index in [9.17, 15) is 9.18 Å². The summed E-state index contributed by atoms with van der Waals surface area (Å²) in [5, 5.41) is 2.62. The summed E-state index contributed by atoms with van der Waals surface area (Å²) in [6.07, 6.45) is 8.07. The fourth-order valence-corrected chi connectivity index (χ4v) is 7.31. The highest BCUT2D eigenvalue weighted by atomic mass is 32.2. The van der Waals surface area contributed by atoms with Gasteiger partial charge in [-0.25, -0.2) is 4.39 Å². The second-order valence-electron chi connectivity index (χ2n) is 7.83. The van der Waals surface area contributed by atoms with Crippen molar-refractivity contribution in [3.8, 4) is 0 Å². The van der Waals surface area contributed by atoms with Crippen molar-refractivity contribution in [3.63, 3.8) is 0 Å². The highest BCUT2D eigenvalue weighted by Gasteiger charge is 2.52. The Balaban J connectivity index is 1.42. The average molecular weight is 333 g/mol. The van der Waals surface area contributed by atoms with E-state index < -0.39 is 0 Å². The van der Waals surface area contributed by atoms with Crippen molar-refractivity contribution in [2.24, 2.45) is 17.8 Å². The number of halogens is 1. The van der Waals surface area contributed by atoms with Crippen LogP contribution in [0.4, 0.5) is 10.1 Å². The molecule has 0 saturated heterocycles. The van der Waals surface area contributed by atoms with Crippen LogP contribution in [-0.2, 0) is 4.79 Å². The largest absolute Gasteiger partial charge is 0.323 e. The molecule has 1 aromatic rings. The number of amides is 1. The number of benzene rings is 1. The normalized spacial score (nSPS) is 36.0. The van der Waals surface area contributed by atoms with Gasteiger partial charge in [-0.05, 0) is 75.3 Å². The van der Waals surface area contributed by atoms with Crippen molar-refractivity contribution >= 4 is 23.4 Å². The molecule has 4 aliphatic rings. The third-order valence-electron chi connectivity index (χ3n) is 5.91. The molecule has 0 unspecified atom stereocenters. The summed E-state index contributed by atoms with van der Waals surface area (Å²) in [5.41, 5.74) is 0.287. The van der Waals surface area contributed by atoms with E-state index in [1.54, 1.807) is 18.2 Å². The van der Waals surface area contributed by atoms with Crippen molar-refractivity contribution in [1.29, 1.82) is 0 Å². The molecule has 1 N–H and O–H groups in total. The fraction of sp³-hybridized carbons (Fsp3) is 0.632. The van der Waals surface area contributed by atoms with Crippen LogP contribution in [0, 0.1) is 23.6 Å². The first kappa shape index (κ1) is 15.5. The molecule has 0 spiro atoms. The van der Waals surface area contributed by atoms with Crippen LogP contribution in [0.1, 0.15) is 45.4 Å². The van der Waals surface area contributed by atoms with Gasteiger partial charge >= 0.3 is 0 Å². The third kappa shape index (κ3) is 3.02. The molecule has 4 saturated carbocycles. The van der Waals surface area contributed by atoms with Crippen LogP contribution in [0.5, 0.6) is 0 Å². The number of hydrogen-bond donors (Lipinski definition) is 1. The monoisotopic (exact) mass is 333 g/mol. The minimum absolute atomic E-state index is 0.0733. The van der Waals surface area contributed by atoms with E-state index in [2.05, 4.69) is 5.32 Å². The molecular formula is C19H24FNOS. The Labute approximate surface area is 141 Å². The van der Waals surface area contributed by atoms with E-state index >= 15 is 0 Å². The molecule has 0 aliphatic heterocycles. The Bertz CT molecular complexity index is 582. The number of anilines is 1. The molecule has 4 bridgehead atoms. The maximum absolute atomic E-state index is 13.7. The van der Waals surface area contributed by atoms with Gasteiger partial charge in [0.05, 0.1) is 10.9 Å². The summed E-state index contributed by atoms with van der Waals surface area (Å²) in [4.78, 5) is 12.5. The summed E-state index contributed by atoms with van der Waals surface area (Å²) >= 11 is 1.86. The summed E-state index contributed by atoms with van der Waals surface area (Å²) in [6, 6.07) is 6.38. The zero-order valence-corrected chi connectivity index (χ0v) is 14.4. The zero-order chi connectivity index (χ0) is 16.0. The van der Waals surface area contributed by atoms with Gasteiger partial charge in [-0.1, -0.05) is 12.1 Å². The number of nitrogens with one attached hydrogen (secondary N) is 1. The number of para-hydroxylation sites is 1. The lowest BCUT2D eigenvalue weighted by Crippen LogP contribution is -2.49. The van der Waals surface area contributed by atoms with Crippen molar-refractivity contribution in [1.82, 2.24) is 0 Å². The fourth-order valence-electron chi connectivity index (χ4n) is 5.40. The second-order valence-corrected chi connectivity index (χ2v) is 9.64. The highest BCUT2D eigenvalue weighted by Crippen LogP contribution is 2.61. The third-order valence-corrected chi connectivity index (χ3v) is 7.48. The van der Waals surface area contributed by atoms with Crippen LogP contribution in [0.25, 0.3) is 0 Å². The van der Waals surface area contributed by atoms with Crippen LogP contribution in [-0.4, -0.2) is 15.9 Å². The van der Waals surface area contributed by atoms with Crippen LogP contribution in [0.15, 0.2) is 24.3 Å². The first-order valence-electron chi connectivity index (χ1n) is 8.76. The lowest BCUT2D eigenvalue weighted by atomic mass is 9.56. The quantitative estimate of drug-likeness (QED) is 0.853. The maximum Gasteiger partial charge on any atom is 0.237 e. The van der Waals surface area contributed by atoms with Crippen molar-refractivity contribution in [2.75, 3.05) is 5.32 Å². The molecule has 4 heteroatoms. The predicted octanol–water partition coefficient (Wildman–Crippen LogP) is 4.85. The highest BCUT2D eigenvalue weighted by molar-refractivity contribution is 8.01. The number of hydrogen-bond acceptors (Lipinski definition) is 2. The van der Waals surface area contributed by atoms with E-state index in [1.807, 2.05) is 18.7 Å². The van der Waals surface area contributed by atoms with Crippen molar-refractivity contribution in [3.05, 3.63) is 30.1 Å². The van der Waals surface area contributed by atoms with E-state index in [4.69, 9.17) is 0 Å². The minimum Gasteiger partial charge on any atom is -0.323 e. The van der Waals surface area contributed by atoms with Gasteiger partial charge in [-0.15, -0.1) is 11.8 Å². The molecule has 0 radical (unpaired) electrons. The van der Waals surface area contributed by atoms with Gasteiger partial charge in [0.1, 0.15) is 5.82 Å². The van der Waals surface area contributed by atoms with Gasteiger partial charge in [-0.2, -0.15) is 0 Å². The molecule has 124 valence electrons. The lowest BCUT2D eigenvalue weighted by molar-refractivity contribution is -0.115. The first-order valence-corrected chi connectivity index (χ1v) is 9.64. The summed E-state index contributed by atoms with van der Waals surface area (Å²) in [5.74, 6) is 2.21. The Hall–Kier alpha value is -1.03. The Morgan fingerprint density at radius 2 is 1.74 bits per heavy atom. The number of carbonyl (C=O) groups is 1. The smallest absolute Gasteiger partial charge is 0.237 e.